The van der Waals surface area contributed by atoms with Crippen molar-refractivity contribution in [3.8, 4) is 0 Å². The number of hydrogen-bond donors (Lipinski definition) is 3. The Bertz CT molecular complexity index is 3020. The average Bonchev–Trinajstić information content (AvgIpc) is 1.72. The number of aliphatic carboxylic acids is 1. The molecule has 0 unspecified atom stereocenters. The molecule has 2 aliphatic carbocycles. The highest BCUT2D eigenvalue weighted by Gasteiger charge is 2.41. The van der Waals surface area contributed by atoms with E-state index in [1.54, 1.807) is 75.6 Å². The molecule has 5 amide bonds. The normalized spacial score (nSPS) is 19.5. The third kappa shape index (κ3) is 29.5. The van der Waals surface area contributed by atoms with Crippen molar-refractivity contribution < 1.29 is 77.5 Å². The first-order valence-electron chi connectivity index (χ1n) is 35.3. The second kappa shape index (κ2) is 41.7. The van der Waals surface area contributed by atoms with Crippen LogP contribution in [0.4, 0.5) is 19.2 Å². The third-order valence-corrected chi connectivity index (χ3v) is 17.4. The molecule has 10 rings (SSSR count). The number of aliphatic hydroxyl groups is 2. The van der Waals surface area contributed by atoms with Gasteiger partial charge in [0.15, 0.2) is 11.6 Å². The van der Waals surface area contributed by atoms with E-state index in [2.05, 4.69) is 0 Å². The molecule has 101 heavy (non-hydrogen) atoms. The number of hydroxylamine groups is 2. The van der Waals surface area contributed by atoms with E-state index < -0.39 is 76.9 Å². The maximum absolute atomic E-state index is 12.5. The molecule has 0 aromatic heterocycles. The summed E-state index contributed by atoms with van der Waals surface area (Å²) in [5.74, 6) is -0.188. The number of benzene rings is 4. The molecule has 6 atom stereocenters. The van der Waals surface area contributed by atoms with Crippen molar-refractivity contribution in [1.82, 2.24) is 24.7 Å². The van der Waals surface area contributed by atoms with E-state index in [0.717, 1.165) is 41.9 Å². The second-order valence-electron chi connectivity index (χ2n) is 29.9. The van der Waals surface area contributed by atoms with Gasteiger partial charge in [0, 0.05) is 44.4 Å². The molecule has 4 aromatic rings. The highest BCUT2D eigenvalue weighted by Crippen LogP contribution is 2.37. The standard InChI is InChI=1S/2C16H21NO3.C12H22N2O4.2C12H16O.C10H17NO4.2ClH/c2*1-16(2,3)20-15(19)17-11-7-10-13(17)14(18)12-8-5-4-6-9-12;1-12(2,3)18-11(16)14-8-6-7-9(14)10(15)13(4)17-5;2*13-12(11-8-4-5-9-11)10-6-2-1-3-7-10;1-10(2,3)15-9(14)11-6-4-5-7(11)8(12)13;;/h2*4-6,8-9,13H,7,10-11H2,1-3H3;9H,6-8H2,1-5H3;2*1-3,6-7,11-13H,4-5,8-9H2;7H,4-6H2,1-3H3,(H,12,13);2*1H/t2*13-;9-;2*12-;7-;;/m000110../s1. The Balaban J connectivity index is 0.000000316. The van der Waals surface area contributed by atoms with Gasteiger partial charge in [-0.05, 0) is 183 Å². The maximum Gasteiger partial charge on any atom is 0.411 e. The number of ether oxygens (including phenoxy) is 4. The first kappa shape index (κ1) is 87.9. The maximum atomic E-state index is 12.5. The quantitative estimate of drug-likeness (QED) is 0.0716. The molecular weight excluding hydrogens is 1330 g/mol. The molecule has 4 aliphatic heterocycles. The van der Waals surface area contributed by atoms with Crippen LogP contribution in [0.1, 0.15) is 230 Å². The molecule has 2 saturated carbocycles. The van der Waals surface area contributed by atoms with Gasteiger partial charge in [-0.25, -0.2) is 29.0 Å². The first-order valence-corrected chi connectivity index (χ1v) is 35.3. The predicted molar refractivity (Wildman–Crippen MR) is 394 cm³/mol. The lowest BCUT2D eigenvalue weighted by molar-refractivity contribution is -0.173. The Morgan fingerprint density at radius 1 is 0.386 bits per heavy atom. The summed E-state index contributed by atoms with van der Waals surface area (Å²) >= 11 is 0. The number of carboxylic acids is 1. The molecule has 3 N–H and O–H groups in total. The number of Topliss-reactive ketones (excluding diaryl/α,β-unsaturated/α-hetero) is 2. The van der Waals surface area contributed by atoms with Crippen molar-refractivity contribution >= 4 is 72.6 Å². The van der Waals surface area contributed by atoms with Crippen LogP contribution in [-0.2, 0) is 33.4 Å². The summed E-state index contributed by atoms with van der Waals surface area (Å²) in [6, 6.07) is 36.2. The van der Waals surface area contributed by atoms with Crippen LogP contribution in [0.5, 0.6) is 0 Å². The lowest BCUT2D eigenvalue weighted by Crippen LogP contribution is -2.47. The van der Waals surface area contributed by atoms with Crippen LogP contribution in [0.3, 0.4) is 0 Å². The summed E-state index contributed by atoms with van der Waals surface area (Å²) in [6.07, 6.45) is 13.4. The minimum atomic E-state index is -0.960. The summed E-state index contributed by atoms with van der Waals surface area (Å²) in [4.78, 5) is 106. The van der Waals surface area contributed by atoms with Gasteiger partial charge in [0.2, 0.25) is 0 Å². The summed E-state index contributed by atoms with van der Waals surface area (Å²) in [6.45, 7) is 23.8. The topological polar surface area (TPSA) is 260 Å². The molecular formula is C78H115Cl2N5O16. The van der Waals surface area contributed by atoms with Crippen molar-refractivity contribution in [2.24, 2.45) is 11.8 Å². The number of carbonyl (C=O) groups is 8. The SMILES string of the molecule is CC(C)(C)OC(=O)N1CCC[C@H]1C(=O)O.CC(C)(C)OC(=O)N1CCC[C@H]1C(=O)c1ccccc1.CC(C)(C)OC(=O)N1CCC[C@H]1C(=O)c1ccccc1.CON(C)C(=O)[C@@H]1CCCN1C(=O)OC(C)(C)C.Cl.Cl.O[C@H](c1ccccc1)C1CCCC1.O[C@H](c1ccccc1)C1CCCC1. The number of hydrogen-bond acceptors (Lipinski definition) is 15. The smallest absolute Gasteiger partial charge is 0.411 e. The summed E-state index contributed by atoms with van der Waals surface area (Å²) in [5, 5.41) is 30.1. The highest BCUT2D eigenvalue weighted by atomic mass is 35.5. The molecule has 4 aromatic carbocycles. The summed E-state index contributed by atoms with van der Waals surface area (Å²) in [5.41, 5.74) is 1.23. The molecule has 23 heteroatoms. The van der Waals surface area contributed by atoms with Crippen molar-refractivity contribution in [2.75, 3.05) is 40.3 Å². The number of carbonyl (C=O) groups excluding carboxylic acids is 7. The summed E-state index contributed by atoms with van der Waals surface area (Å²) < 4.78 is 21.2. The predicted octanol–water partition coefficient (Wildman–Crippen LogP) is 16.1. The molecule has 562 valence electrons. The van der Waals surface area contributed by atoms with Crippen LogP contribution < -0.4 is 0 Å². The van der Waals surface area contributed by atoms with Crippen LogP contribution in [0.15, 0.2) is 121 Å². The Kier molecular flexibility index (Phi) is 36.3. The van der Waals surface area contributed by atoms with Crippen LogP contribution in [-0.4, -0.2) is 175 Å². The first-order chi connectivity index (χ1) is 46.6. The Labute approximate surface area is 612 Å². The number of nitrogens with zero attached hydrogens (tertiary/aromatic N) is 5. The molecule has 6 aliphatic rings. The van der Waals surface area contributed by atoms with E-state index in [0.29, 0.717) is 74.8 Å². The number of amides is 5. The zero-order chi connectivity index (χ0) is 73.3. The van der Waals surface area contributed by atoms with Gasteiger partial charge in [-0.1, -0.05) is 147 Å². The number of halogens is 2. The number of carboxylic acid groups (broad SMARTS) is 1. The molecule has 6 fully saturated rings. The van der Waals surface area contributed by atoms with Gasteiger partial charge in [0.1, 0.15) is 34.5 Å². The number of likely N-dealkylation sites (tertiary alicyclic amines) is 4. The van der Waals surface area contributed by atoms with E-state index >= 15 is 0 Å². The van der Waals surface area contributed by atoms with Gasteiger partial charge in [0.05, 0.1) is 31.4 Å². The lowest BCUT2D eigenvalue weighted by Gasteiger charge is -2.29. The zero-order valence-corrected chi connectivity index (χ0v) is 63.6. The van der Waals surface area contributed by atoms with Crippen molar-refractivity contribution in [2.45, 2.75) is 245 Å². The Hall–Kier alpha value is -7.30. The minimum Gasteiger partial charge on any atom is -0.480 e. The van der Waals surface area contributed by atoms with Crippen molar-refractivity contribution in [1.29, 1.82) is 0 Å². The van der Waals surface area contributed by atoms with Gasteiger partial charge < -0.3 is 34.3 Å². The second-order valence-corrected chi connectivity index (χ2v) is 29.9. The molecule has 0 radical (unpaired) electrons. The number of aliphatic hydroxyl groups excluding tert-OH is 2. The molecule has 4 heterocycles. The van der Waals surface area contributed by atoms with E-state index in [-0.39, 0.29) is 54.5 Å². The van der Waals surface area contributed by atoms with Gasteiger partial charge in [-0.3, -0.25) is 38.8 Å². The Morgan fingerprint density at radius 2 is 0.634 bits per heavy atom. The summed E-state index contributed by atoms with van der Waals surface area (Å²) in [7, 11) is 2.96. The van der Waals surface area contributed by atoms with E-state index in [1.165, 1.54) is 75.3 Å². The third-order valence-electron chi connectivity index (χ3n) is 17.4. The average molecular weight is 1450 g/mol. The molecule has 0 spiro atoms. The van der Waals surface area contributed by atoms with Gasteiger partial charge in [0.25, 0.3) is 5.91 Å². The highest BCUT2D eigenvalue weighted by molar-refractivity contribution is 6.02. The number of ketones is 2. The fourth-order valence-electron chi connectivity index (χ4n) is 12.6. The lowest BCUT2D eigenvalue weighted by atomic mass is 9.95. The van der Waals surface area contributed by atoms with Crippen molar-refractivity contribution in [3.63, 3.8) is 0 Å². The zero-order valence-electron chi connectivity index (χ0n) is 62.0. The van der Waals surface area contributed by atoms with Gasteiger partial charge in [-0.2, -0.15) is 0 Å². The molecule has 0 bridgehead atoms. The molecule has 4 saturated heterocycles. The van der Waals surface area contributed by atoms with Crippen LogP contribution in [0.25, 0.3) is 0 Å². The number of likely N-dealkylation sites (N-methyl/N-ethyl adjacent to an activating group) is 1. The van der Waals surface area contributed by atoms with Crippen molar-refractivity contribution in [3.05, 3.63) is 144 Å². The Morgan fingerprint density at radius 3 is 0.901 bits per heavy atom. The minimum absolute atomic E-state index is 0. The van der Waals surface area contributed by atoms with E-state index in [4.69, 9.17) is 28.9 Å². The van der Waals surface area contributed by atoms with E-state index in [1.807, 2.05) is 139 Å². The van der Waals surface area contributed by atoms with Gasteiger partial charge >= 0.3 is 30.3 Å². The largest absolute Gasteiger partial charge is 0.480 e. The van der Waals surface area contributed by atoms with E-state index in [9.17, 15) is 48.6 Å². The monoisotopic (exact) mass is 1450 g/mol. The molecule has 21 nitrogen and oxygen atoms in total. The fourth-order valence-corrected chi connectivity index (χ4v) is 12.6. The fraction of sp³-hybridized carbons (Fsp3) is 0.590. The number of rotatable bonds is 11. The van der Waals surface area contributed by atoms with Crippen LogP contribution in [0, 0.1) is 11.8 Å². The van der Waals surface area contributed by atoms with Crippen LogP contribution >= 0.6 is 24.8 Å². The van der Waals surface area contributed by atoms with Gasteiger partial charge in [-0.15, -0.1) is 24.8 Å². The van der Waals surface area contributed by atoms with Crippen LogP contribution in [0.2, 0.25) is 0 Å².